The van der Waals surface area contributed by atoms with E-state index in [0.717, 1.165) is 24.1 Å². The van der Waals surface area contributed by atoms with Crippen molar-refractivity contribution in [1.82, 2.24) is 5.32 Å². The first kappa shape index (κ1) is 12.0. The van der Waals surface area contributed by atoms with Crippen LogP contribution in [0.2, 0.25) is 0 Å². The number of nitrogens with one attached hydrogen (secondary N) is 1. The van der Waals surface area contributed by atoms with Crippen LogP contribution in [0.25, 0.3) is 0 Å². The first-order valence-electron chi connectivity index (χ1n) is 7.06. The molecule has 1 aromatic rings. The smallest absolute Gasteiger partial charge is 0.122 e. The molecule has 2 atom stereocenters. The summed E-state index contributed by atoms with van der Waals surface area (Å²) in [6.45, 7) is 3.62. The number of para-hydroxylation sites is 1. The Labute approximate surface area is 110 Å². The molecule has 2 nitrogen and oxygen atoms in total. The maximum absolute atomic E-state index is 5.45. The minimum Gasteiger partial charge on any atom is -0.496 e. The van der Waals surface area contributed by atoms with Crippen LogP contribution >= 0.6 is 0 Å². The lowest BCUT2D eigenvalue weighted by atomic mass is 9.95. The second-order valence-electron chi connectivity index (χ2n) is 6.23. The zero-order chi connectivity index (χ0) is 12.6. The van der Waals surface area contributed by atoms with E-state index in [1.54, 1.807) is 7.11 Å². The molecule has 0 amide bonds. The van der Waals surface area contributed by atoms with Crippen LogP contribution in [0.3, 0.4) is 0 Å². The van der Waals surface area contributed by atoms with Gasteiger partial charge in [-0.2, -0.15) is 0 Å². The third kappa shape index (κ3) is 2.54. The van der Waals surface area contributed by atoms with Crippen molar-refractivity contribution in [3.05, 3.63) is 29.8 Å². The summed E-state index contributed by atoms with van der Waals surface area (Å²) in [5, 5.41) is 3.66. The quantitative estimate of drug-likeness (QED) is 0.832. The van der Waals surface area contributed by atoms with Crippen molar-refractivity contribution in [3.8, 4) is 5.75 Å². The molecule has 2 aliphatic rings. The van der Waals surface area contributed by atoms with E-state index >= 15 is 0 Å². The molecular weight excluding hydrogens is 222 g/mol. The minimum atomic E-state index is 0.483. The zero-order valence-corrected chi connectivity index (χ0v) is 11.4. The van der Waals surface area contributed by atoms with Gasteiger partial charge in [-0.15, -0.1) is 0 Å². The Morgan fingerprint density at radius 2 is 2.11 bits per heavy atom. The lowest BCUT2D eigenvalue weighted by Crippen LogP contribution is -2.21. The average molecular weight is 245 g/mol. The van der Waals surface area contributed by atoms with Gasteiger partial charge in [0.05, 0.1) is 7.11 Å². The fraction of sp³-hybridized carbons (Fsp3) is 0.625. The number of rotatable bonds is 6. The van der Waals surface area contributed by atoms with Gasteiger partial charge in [-0.1, -0.05) is 25.1 Å². The van der Waals surface area contributed by atoms with Crippen LogP contribution in [0.15, 0.2) is 24.3 Å². The summed E-state index contributed by atoms with van der Waals surface area (Å²) >= 11 is 0. The number of methoxy groups -OCH3 is 1. The highest BCUT2D eigenvalue weighted by Crippen LogP contribution is 2.54. The van der Waals surface area contributed by atoms with E-state index in [0.29, 0.717) is 5.41 Å². The van der Waals surface area contributed by atoms with Crippen molar-refractivity contribution in [1.29, 1.82) is 0 Å². The molecule has 2 saturated carbocycles. The third-order valence-electron chi connectivity index (χ3n) is 4.56. The van der Waals surface area contributed by atoms with Crippen LogP contribution in [0, 0.1) is 11.3 Å². The zero-order valence-electron chi connectivity index (χ0n) is 11.4. The van der Waals surface area contributed by atoms with Gasteiger partial charge in [0.1, 0.15) is 5.75 Å². The summed E-state index contributed by atoms with van der Waals surface area (Å²) in [6.07, 6.45) is 5.27. The molecule has 1 aromatic carbocycles. The van der Waals surface area contributed by atoms with Gasteiger partial charge in [0.25, 0.3) is 0 Å². The standard InChI is InChI=1S/C16H23NO/c1-16(10-13(16)11-17-14-7-8-14)9-12-5-3-4-6-15(12)18-2/h3-6,13-14,17H,7-11H2,1-2H3. The molecule has 3 rings (SSSR count). The molecule has 0 aliphatic heterocycles. The van der Waals surface area contributed by atoms with Crippen molar-refractivity contribution in [2.75, 3.05) is 13.7 Å². The molecular formula is C16H23NO. The predicted molar refractivity (Wildman–Crippen MR) is 73.9 cm³/mol. The molecule has 2 unspecified atom stereocenters. The minimum absolute atomic E-state index is 0.483. The van der Waals surface area contributed by atoms with Gasteiger partial charge >= 0.3 is 0 Å². The highest BCUT2D eigenvalue weighted by molar-refractivity contribution is 5.35. The van der Waals surface area contributed by atoms with E-state index in [-0.39, 0.29) is 0 Å². The molecule has 2 aliphatic carbocycles. The predicted octanol–water partition coefficient (Wildman–Crippen LogP) is 3.02. The first-order chi connectivity index (χ1) is 8.71. The number of ether oxygens (including phenoxy) is 1. The topological polar surface area (TPSA) is 21.3 Å². The molecule has 18 heavy (non-hydrogen) atoms. The Morgan fingerprint density at radius 3 is 2.83 bits per heavy atom. The molecule has 0 aromatic heterocycles. The largest absolute Gasteiger partial charge is 0.496 e. The summed E-state index contributed by atoms with van der Waals surface area (Å²) in [7, 11) is 1.76. The molecule has 98 valence electrons. The first-order valence-corrected chi connectivity index (χ1v) is 7.06. The van der Waals surface area contributed by atoms with E-state index in [2.05, 4.69) is 30.4 Å². The van der Waals surface area contributed by atoms with Crippen molar-refractivity contribution in [3.63, 3.8) is 0 Å². The molecule has 0 saturated heterocycles. The van der Waals surface area contributed by atoms with E-state index in [1.165, 1.54) is 31.4 Å². The highest BCUT2D eigenvalue weighted by atomic mass is 16.5. The Bertz CT molecular complexity index is 427. The Hall–Kier alpha value is -1.02. The molecule has 0 radical (unpaired) electrons. The Balaban J connectivity index is 1.58. The summed E-state index contributed by atoms with van der Waals surface area (Å²) in [6, 6.07) is 9.26. The molecule has 0 heterocycles. The van der Waals surface area contributed by atoms with Gasteiger partial charge in [-0.25, -0.2) is 0 Å². The third-order valence-corrected chi connectivity index (χ3v) is 4.56. The maximum atomic E-state index is 5.45. The summed E-state index contributed by atoms with van der Waals surface area (Å²) in [4.78, 5) is 0. The van der Waals surface area contributed by atoms with Gasteiger partial charge in [0, 0.05) is 6.04 Å². The Kier molecular flexibility index (Phi) is 3.06. The summed E-state index contributed by atoms with van der Waals surface area (Å²) < 4.78 is 5.45. The second kappa shape index (κ2) is 4.58. The monoisotopic (exact) mass is 245 g/mol. The number of benzene rings is 1. The van der Waals surface area contributed by atoms with Gasteiger partial charge in [0.2, 0.25) is 0 Å². The number of hydrogen-bond acceptors (Lipinski definition) is 2. The van der Waals surface area contributed by atoms with Crippen LogP contribution < -0.4 is 10.1 Å². The average Bonchev–Trinajstić information content (AvgIpc) is 3.26. The van der Waals surface area contributed by atoms with Gasteiger partial charge < -0.3 is 10.1 Å². The van der Waals surface area contributed by atoms with Crippen molar-refractivity contribution >= 4 is 0 Å². The lowest BCUT2D eigenvalue weighted by molar-refractivity contribution is 0.399. The molecule has 2 heteroatoms. The van der Waals surface area contributed by atoms with E-state index in [1.807, 2.05) is 6.07 Å². The van der Waals surface area contributed by atoms with Crippen LogP contribution in [0.4, 0.5) is 0 Å². The Morgan fingerprint density at radius 1 is 1.33 bits per heavy atom. The van der Waals surface area contributed by atoms with Gasteiger partial charge in [-0.05, 0) is 55.2 Å². The van der Waals surface area contributed by atoms with Crippen LogP contribution in [-0.2, 0) is 6.42 Å². The molecule has 2 fully saturated rings. The van der Waals surface area contributed by atoms with Crippen molar-refractivity contribution in [2.24, 2.45) is 11.3 Å². The number of hydrogen-bond donors (Lipinski definition) is 1. The highest BCUT2D eigenvalue weighted by Gasteiger charge is 2.49. The van der Waals surface area contributed by atoms with Crippen molar-refractivity contribution in [2.45, 2.75) is 38.6 Å². The van der Waals surface area contributed by atoms with Crippen molar-refractivity contribution < 1.29 is 4.74 Å². The molecule has 0 bridgehead atoms. The second-order valence-corrected chi connectivity index (χ2v) is 6.23. The van der Waals surface area contributed by atoms with Crippen LogP contribution in [0.5, 0.6) is 5.75 Å². The van der Waals surface area contributed by atoms with E-state index in [9.17, 15) is 0 Å². The molecule has 0 spiro atoms. The van der Waals surface area contributed by atoms with Gasteiger partial charge in [-0.3, -0.25) is 0 Å². The van der Waals surface area contributed by atoms with E-state index < -0.39 is 0 Å². The van der Waals surface area contributed by atoms with Gasteiger partial charge in [0.15, 0.2) is 0 Å². The maximum Gasteiger partial charge on any atom is 0.122 e. The summed E-state index contributed by atoms with van der Waals surface area (Å²) in [5.74, 6) is 1.89. The summed E-state index contributed by atoms with van der Waals surface area (Å²) in [5.41, 5.74) is 1.84. The van der Waals surface area contributed by atoms with Crippen LogP contribution in [-0.4, -0.2) is 19.7 Å². The normalized spacial score (nSPS) is 30.2. The fourth-order valence-corrected chi connectivity index (χ4v) is 2.92. The van der Waals surface area contributed by atoms with Crippen LogP contribution in [0.1, 0.15) is 31.7 Å². The lowest BCUT2D eigenvalue weighted by Gasteiger charge is -2.14. The SMILES string of the molecule is COc1ccccc1CC1(C)CC1CNC1CC1. The van der Waals surface area contributed by atoms with E-state index in [4.69, 9.17) is 4.74 Å². The molecule has 1 N–H and O–H groups in total. The fourth-order valence-electron chi connectivity index (χ4n) is 2.92.